The first kappa shape index (κ1) is 9.93. The smallest absolute Gasteiger partial charge is 0.113 e. The highest BCUT2D eigenvalue weighted by Crippen LogP contribution is 2.36. The molecule has 1 aliphatic carbocycles. The average molecular weight is 175 g/mol. The van der Waals surface area contributed by atoms with Gasteiger partial charge in [0.25, 0.3) is 0 Å². The highest BCUT2D eigenvalue weighted by atomic mass is 19.1. The summed E-state index contributed by atoms with van der Waals surface area (Å²) >= 11 is 0. The van der Waals surface area contributed by atoms with Crippen molar-refractivity contribution < 1.29 is 9.13 Å². The third-order valence-electron chi connectivity index (χ3n) is 2.67. The molecule has 2 unspecified atom stereocenters. The summed E-state index contributed by atoms with van der Waals surface area (Å²) in [5.74, 6) is 0.674. The second kappa shape index (κ2) is 4.19. The van der Waals surface area contributed by atoms with E-state index in [1.807, 2.05) is 0 Å². The Hall–Kier alpha value is -0.150. The molecule has 0 aromatic carbocycles. The summed E-state index contributed by atoms with van der Waals surface area (Å²) in [4.78, 5) is 0. The van der Waals surface area contributed by atoms with Crippen LogP contribution in [0, 0.1) is 5.92 Å². The molecule has 0 saturated heterocycles. The summed E-state index contributed by atoms with van der Waals surface area (Å²) < 4.78 is 17.3. The molecule has 3 heteroatoms. The maximum absolute atomic E-state index is 11.9. The first-order valence-electron chi connectivity index (χ1n) is 4.62. The van der Waals surface area contributed by atoms with E-state index in [-0.39, 0.29) is 12.2 Å². The van der Waals surface area contributed by atoms with E-state index in [0.29, 0.717) is 12.5 Å². The van der Waals surface area contributed by atoms with E-state index in [9.17, 15) is 4.39 Å². The lowest BCUT2D eigenvalue weighted by Gasteiger charge is -2.27. The number of ether oxygens (including phenoxy) is 1. The van der Waals surface area contributed by atoms with Crippen LogP contribution < -0.4 is 5.73 Å². The first-order chi connectivity index (χ1) is 5.72. The molecule has 0 heterocycles. The van der Waals surface area contributed by atoms with Gasteiger partial charge in [0.15, 0.2) is 0 Å². The van der Waals surface area contributed by atoms with Gasteiger partial charge >= 0.3 is 0 Å². The van der Waals surface area contributed by atoms with E-state index >= 15 is 0 Å². The molecule has 12 heavy (non-hydrogen) atoms. The fourth-order valence-electron chi connectivity index (χ4n) is 1.98. The van der Waals surface area contributed by atoms with Gasteiger partial charge in [-0.3, -0.25) is 0 Å². The van der Waals surface area contributed by atoms with Crippen LogP contribution >= 0.6 is 0 Å². The molecule has 0 bridgehead atoms. The molecule has 0 aliphatic heterocycles. The molecule has 1 saturated carbocycles. The Labute approximate surface area is 73.3 Å². The maximum Gasteiger partial charge on any atom is 0.113 e. The molecule has 0 spiro atoms. The second-order valence-electron chi connectivity index (χ2n) is 3.77. The largest absolute Gasteiger partial charge is 0.371 e. The quantitative estimate of drug-likeness (QED) is 0.702. The van der Waals surface area contributed by atoms with E-state index in [0.717, 1.165) is 19.3 Å². The van der Waals surface area contributed by atoms with Crippen LogP contribution in [0.15, 0.2) is 0 Å². The van der Waals surface area contributed by atoms with Crippen LogP contribution in [-0.2, 0) is 4.74 Å². The predicted octanol–water partition coefficient (Wildman–Crippen LogP) is 1.49. The van der Waals surface area contributed by atoms with Crippen LogP contribution in [0.4, 0.5) is 4.39 Å². The minimum atomic E-state index is -0.407. The van der Waals surface area contributed by atoms with Gasteiger partial charge in [0.05, 0.1) is 12.2 Å². The van der Waals surface area contributed by atoms with Crippen LogP contribution in [0.3, 0.4) is 0 Å². The lowest BCUT2D eigenvalue weighted by molar-refractivity contribution is -0.0406. The third kappa shape index (κ3) is 2.17. The SMILES string of the molecule is CC1CCC(CN)(OCCF)C1. The van der Waals surface area contributed by atoms with E-state index in [1.54, 1.807) is 0 Å². The number of hydrogen-bond acceptors (Lipinski definition) is 2. The molecular formula is C9H18FNO. The number of nitrogens with two attached hydrogens (primary N) is 1. The molecule has 0 radical (unpaired) electrons. The van der Waals surface area contributed by atoms with Gasteiger partial charge in [0, 0.05) is 6.54 Å². The molecular weight excluding hydrogens is 157 g/mol. The topological polar surface area (TPSA) is 35.2 Å². The van der Waals surface area contributed by atoms with Crippen molar-refractivity contribution in [1.82, 2.24) is 0 Å². The summed E-state index contributed by atoms with van der Waals surface area (Å²) in [5, 5.41) is 0. The van der Waals surface area contributed by atoms with Gasteiger partial charge in [-0.05, 0) is 25.2 Å². The van der Waals surface area contributed by atoms with Crippen molar-refractivity contribution in [2.75, 3.05) is 19.8 Å². The van der Waals surface area contributed by atoms with Gasteiger partial charge in [-0.1, -0.05) is 6.92 Å². The number of halogens is 1. The Bertz CT molecular complexity index is 142. The number of rotatable bonds is 4. The van der Waals surface area contributed by atoms with Crippen molar-refractivity contribution >= 4 is 0 Å². The lowest BCUT2D eigenvalue weighted by Crippen LogP contribution is -2.38. The minimum Gasteiger partial charge on any atom is -0.371 e. The van der Waals surface area contributed by atoms with E-state index in [1.165, 1.54) is 0 Å². The zero-order valence-electron chi connectivity index (χ0n) is 7.68. The Morgan fingerprint density at radius 3 is 2.83 bits per heavy atom. The van der Waals surface area contributed by atoms with Gasteiger partial charge in [0.1, 0.15) is 6.67 Å². The van der Waals surface area contributed by atoms with Crippen LogP contribution in [0.5, 0.6) is 0 Å². The summed E-state index contributed by atoms with van der Waals surface area (Å²) in [7, 11) is 0. The third-order valence-corrected chi connectivity index (χ3v) is 2.67. The maximum atomic E-state index is 11.9. The van der Waals surface area contributed by atoms with Gasteiger partial charge in [-0.2, -0.15) is 0 Å². The van der Waals surface area contributed by atoms with Crippen LogP contribution in [-0.4, -0.2) is 25.4 Å². The highest BCUT2D eigenvalue weighted by Gasteiger charge is 2.36. The zero-order valence-corrected chi connectivity index (χ0v) is 7.68. The van der Waals surface area contributed by atoms with Gasteiger partial charge in [0.2, 0.25) is 0 Å². The molecule has 2 atom stereocenters. The molecule has 2 nitrogen and oxygen atoms in total. The zero-order chi connectivity index (χ0) is 9.03. The standard InChI is InChI=1S/C9H18FNO/c1-8-2-3-9(6-8,7-11)12-5-4-10/h8H,2-7,11H2,1H3. The van der Waals surface area contributed by atoms with Gasteiger partial charge < -0.3 is 10.5 Å². The monoisotopic (exact) mass is 175 g/mol. The summed E-state index contributed by atoms with van der Waals surface area (Å²) in [6.07, 6.45) is 3.14. The molecule has 0 aromatic rings. The van der Waals surface area contributed by atoms with Gasteiger partial charge in [-0.15, -0.1) is 0 Å². The van der Waals surface area contributed by atoms with Crippen LogP contribution in [0.1, 0.15) is 26.2 Å². The number of hydrogen-bond donors (Lipinski definition) is 1. The Kier molecular flexibility index (Phi) is 3.47. The van der Waals surface area contributed by atoms with Crippen molar-refractivity contribution in [2.45, 2.75) is 31.8 Å². The number of alkyl halides is 1. The summed E-state index contributed by atoms with van der Waals surface area (Å²) in [5.41, 5.74) is 5.42. The van der Waals surface area contributed by atoms with Crippen molar-refractivity contribution in [1.29, 1.82) is 0 Å². The second-order valence-corrected chi connectivity index (χ2v) is 3.77. The van der Waals surface area contributed by atoms with Crippen molar-refractivity contribution in [2.24, 2.45) is 11.7 Å². The normalized spacial score (nSPS) is 35.8. The van der Waals surface area contributed by atoms with E-state index in [2.05, 4.69) is 6.92 Å². The molecule has 2 N–H and O–H groups in total. The molecule has 0 aromatic heterocycles. The van der Waals surface area contributed by atoms with Crippen LogP contribution in [0.2, 0.25) is 0 Å². The summed E-state index contributed by atoms with van der Waals surface area (Å²) in [6.45, 7) is 2.51. The molecule has 1 fully saturated rings. The fraction of sp³-hybridized carbons (Fsp3) is 1.00. The van der Waals surface area contributed by atoms with E-state index < -0.39 is 6.67 Å². The predicted molar refractivity (Wildman–Crippen MR) is 46.7 cm³/mol. The summed E-state index contributed by atoms with van der Waals surface area (Å²) in [6, 6.07) is 0. The molecule has 72 valence electrons. The highest BCUT2D eigenvalue weighted by molar-refractivity contribution is 4.90. The Morgan fingerprint density at radius 2 is 2.42 bits per heavy atom. The molecule has 1 rings (SSSR count). The minimum absolute atomic E-state index is 0.198. The van der Waals surface area contributed by atoms with Crippen molar-refractivity contribution in [3.63, 3.8) is 0 Å². The van der Waals surface area contributed by atoms with E-state index in [4.69, 9.17) is 10.5 Å². The average Bonchev–Trinajstić information content (AvgIpc) is 2.45. The lowest BCUT2D eigenvalue weighted by atomic mass is 10.0. The molecule has 1 aliphatic rings. The van der Waals surface area contributed by atoms with Crippen molar-refractivity contribution in [3.05, 3.63) is 0 Å². The van der Waals surface area contributed by atoms with Crippen LogP contribution in [0.25, 0.3) is 0 Å². The Morgan fingerprint density at radius 1 is 1.67 bits per heavy atom. The molecule has 0 amide bonds. The Balaban J connectivity index is 2.41. The first-order valence-corrected chi connectivity index (χ1v) is 4.62. The van der Waals surface area contributed by atoms with Crippen molar-refractivity contribution in [3.8, 4) is 0 Å². The van der Waals surface area contributed by atoms with Gasteiger partial charge in [-0.25, -0.2) is 4.39 Å². The fourth-order valence-corrected chi connectivity index (χ4v) is 1.98.